The fraction of sp³-hybridized carbons (Fsp3) is 0.571. The first-order chi connectivity index (χ1) is 7.26. The van der Waals surface area contributed by atoms with Crippen LogP contribution in [0, 0.1) is 0 Å². The SMILES string of the molecule is CC(C)(CO)Oc1ccccc1C(C)(C)C. The predicted molar refractivity (Wildman–Crippen MR) is 66.9 cm³/mol. The molecule has 1 rings (SSSR count). The Kier molecular flexibility index (Phi) is 3.64. The largest absolute Gasteiger partial charge is 0.485 e. The highest BCUT2D eigenvalue weighted by molar-refractivity contribution is 5.38. The third-order valence-corrected chi connectivity index (χ3v) is 2.46. The van der Waals surface area contributed by atoms with Gasteiger partial charge in [-0.2, -0.15) is 0 Å². The van der Waals surface area contributed by atoms with E-state index in [9.17, 15) is 5.11 Å². The van der Waals surface area contributed by atoms with Crippen LogP contribution >= 0.6 is 0 Å². The van der Waals surface area contributed by atoms with Crippen LogP contribution in [-0.2, 0) is 5.41 Å². The Morgan fingerprint density at radius 1 is 1.06 bits per heavy atom. The van der Waals surface area contributed by atoms with Gasteiger partial charge in [0.2, 0.25) is 0 Å². The Morgan fingerprint density at radius 2 is 1.62 bits per heavy atom. The van der Waals surface area contributed by atoms with E-state index in [2.05, 4.69) is 26.8 Å². The number of rotatable bonds is 3. The molecule has 0 aromatic heterocycles. The molecule has 0 radical (unpaired) electrons. The third kappa shape index (κ3) is 3.24. The van der Waals surface area contributed by atoms with Crippen LogP contribution in [0.2, 0.25) is 0 Å². The highest BCUT2D eigenvalue weighted by atomic mass is 16.5. The fourth-order valence-electron chi connectivity index (χ4n) is 1.51. The Balaban J connectivity index is 3.06. The molecule has 1 N–H and O–H groups in total. The number of para-hydroxylation sites is 1. The second-order valence-electron chi connectivity index (χ2n) is 5.77. The summed E-state index contributed by atoms with van der Waals surface area (Å²) in [5.74, 6) is 0.856. The Labute approximate surface area is 98.3 Å². The van der Waals surface area contributed by atoms with Gasteiger partial charge in [0.1, 0.15) is 11.4 Å². The summed E-state index contributed by atoms with van der Waals surface area (Å²) >= 11 is 0. The maximum atomic E-state index is 9.22. The molecule has 0 heterocycles. The molecular formula is C14H22O2. The molecule has 2 heteroatoms. The summed E-state index contributed by atoms with van der Waals surface area (Å²) in [6.07, 6.45) is 0. The molecule has 0 aliphatic rings. The van der Waals surface area contributed by atoms with E-state index >= 15 is 0 Å². The Hall–Kier alpha value is -1.02. The average molecular weight is 222 g/mol. The van der Waals surface area contributed by atoms with Crippen molar-refractivity contribution in [1.29, 1.82) is 0 Å². The quantitative estimate of drug-likeness (QED) is 0.851. The van der Waals surface area contributed by atoms with E-state index in [1.165, 1.54) is 0 Å². The van der Waals surface area contributed by atoms with Crippen LogP contribution in [0.25, 0.3) is 0 Å². The fourth-order valence-corrected chi connectivity index (χ4v) is 1.51. The van der Waals surface area contributed by atoms with Gasteiger partial charge in [-0.25, -0.2) is 0 Å². The van der Waals surface area contributed by atoms with Gasteiger partial charge in [-0.3, -0.25) is 0 Å². The van der Waals surface area contributed by atoms with Crippen LogP contribution in [0.3, 0.4) is 0 Å². The van der Waals surface area contributed by atoms with Gasteiger partial charge in [0, 0.05) is 0 Å². The summed E-state index contributed by atoms with van der Waals surface area (Å²) in [6.45, 7) is 10.2. The van der Waals surface area contributed by atoms with Gasteiger partial charge in [-0.15, -0.1) is 0 Å². The molecule has 0 fully saturated rings. The van der Waals surface area contributed by atoms with Crippen LogP contribution in [0.5, 0.6) is 5.75 Å². The second-order valence-corrected chi connectivity index (χ2v) is 5.77. The van der Waals surface area contributed by atoms with Crippen molar-refractivity contribution in [3.8, 4) is 5.75 Å². The molecule has 0 unspecified atom stereocenters. The minimum atomic E-state index is -0.540. The standard InChI is InChI=1S/C14H22O2/c1-13(2,3)11-8-6-7-9-12(11)16-14(4,5)10-15/h6-9,15H,10H2,1-5H3. The van der Waals surface area contributed by atoms with Gasteiger partial charge >= 0.3 is 0 Å². The lowest BCUT2D eigenvalue weighted by Crippen LogP contribution is -2.33. The monoisotopic (exact) mass is 222 g/mol. The molecule has 1 aromatic rings. The van der Waals surface area contributed by atoms with Crippen molar-refractivity contribution >= 4 is 0 Å². The molecule has 1 aromatic carbocycles. The van der Waals surface area contributed by atoms with Crippen molar-refractivity contribution < 1.29 is 9.84 Å². The topological polar surface area (TPSA) is 29.5 Å². The summed E-state index contributed by atoms with van der Waals surface area (Å²) in [6, 6.07) is 8.00. The van der Waals surface area contributed by atoms with Gasteiger partial charge in [0.05, 0.1) is 6.61 Å². The molecule has 0 amide bonds. The van der Waals surface area contributed by atoms with E-state index in [-0.39, 0.29) is 12.0 Å². The first-order valence-corrected chi connectivity index (χ1v) is 5.66. The molecule has 0 saturated heterocycles. The predicted octanol–water partition coefficient (Wildman–Crippen LogP) is 3.13. The molecule has 2 nitrogen and oxygen atoms in total. The summed E-state index contributed by atoms with van der Waals surface area (Å²) in [4.78, 5) is 0. The van der Waals surface area contributed by atoms with Crippen molar-refractivity contribution in [2.75, 3.05) is 6.61 Å². The van der Waals surface area contributed by atoms with Gasteiger partial charge in [-0.1, -0.05) is 39.0 Å². The minimum absolute atomic E-state index is 0.00543. The zero-order valence-corrected chi connectivity index (χ0v) is 10.9. The van der Waals surface area contributed by atoms with Crippen LogP contribution < -0.4 is 4.74 Å². The van der Waals surface area contributed by atoms with E-state index in [1.807, 2.05) is 32.0 Å². The lowest BCUT2D eigenvalue weighted by Gasteiger charge is -2.29. The first-order valence-electron chi connectivity index (χ1n) is 5.66. The molecular weight excluding hydrogens is 200 g/mol. The van der Waals surface area contributed by atoms with Crippen molar-refractivity contribution in [2.45, 2.75) is 45.6 Å². The molecule has 0 aliphatic heterocycles. The van der Waals surface area contributed by atoms with E-state index in [0.717, 1.165) is 11.3 Å². The number of hydrogen-bond donors (Lipinski definition) is 1. The van der Waals surface area contributed by atoms with Gasteiger partial charge in [0.15, 0.2) is 0 Å². The highest BCUT2D eigenvalue weighted by Gasteiger charge is 2.24. The summed E-state index contributed by atoms with van der Waals surface area (Å²) < 4.78 is 5.86. The molecule has 0 saturated carbocycles. The van der Waals surface area contributed by atoms with Crippen molar-refractivity contribution in [2.24, 2.45) is 0 Å². The number of ether oxygens (including phenoxy) is 1. The Morgan fingerprint density at radius 3 is 2.12 bits per heavy atom. The maximum Gasteiger partial charge on any atom is 0.126 e. The minimum Gasteiger partial charge on any atom is -0.485 e. The van der Waals surface area contributed by atoms with Gasteiger partial charge in [-0.05, 0) is 30.9 Å². The Bertz CT molecular complexity index is 348. The van der Waals surface area contributed by atoms with Crippen LogP contribution in [0.15, 0.2) is 24.3 Å². The highest BCUT2D eigenvalue weighted by Crippen LogP contribution is 2.32. The van der Waals surface area contributed by atoms with Gasteiger partial charge < -0.3 is 9.84 Å². The average Bonchev–Trinajstić information content (AvgIpc) is 2.16. The van der Waals surface area contributed by atoms with Crippen LogP contribution in [-0.4, -0.2) is 17.3 Å². The molecule has 0 aliphatic carbocycles. The maximum absolute atomic E-state index is 9.22. The molecule has 0 atom stereocenters. The third-order valence-electron chi connectivity index (χ3n) is 2.46. The normalized spacial score (nSPS) is 12.6. The van der Waals surface area contributed by atoms with E-state index in [1.54, 1.807) is 0 Å². The number of hydrogen-bond acceptors (Lipinski definition) is 2. The lowest BCUT2D eigenvalue weighted by molar-refractivity contribution is 0.0397. The number of aliphatic hydroxyl groups is 1. The second kappa shape index (κ2) is 4.46. The van der Waals surface area contributed by atoms with Crippen LogP contribution in [0.4, 0.5) is 0 Å². The number of benzene rings is 1. The van der Waals surface area contributed by atoms with E-state index < -0.39 is 5.60 Å². The molecule has 90 valence electrons. The van der Waals surface area contributed by atoms with Gasteiger partial charge in [0.25, 0.3) is 0 Å². The van der Waals surface area contributed by atoms with Crippen molar-refractivity contribution in [3.05, 3.63) is 29.8 Å². The lowest BCUT2D eigenvalue weighted by atomic mass is 9.86. The van der Waals surface area contributed by atoms with E-state index in [4.69, 9.17) is 4.74 Å². The van der Waals surface area contributed by atoms with Crippen molar-refractivity contribution in [1.82, 2.24) is 0 Å². The number of aliphatic hydroxyl groups excluding tert-OH is 1. The molecule has 0 spiro atoms. The zero-order chi connectivity index (χ0) is 12.4. The summed E-state index contributed by atoms with van der Waals surface area (Å²) in [7, 11) is 0. The van der Waals surface area contributed by atoms with Crippen LogP contribution in [0.1, 0.15) is 40.2 Å². The smallest absolute Gasteiger partial charge is 0.126 e. The molecule has 16 heavy (non-hydrogen) atoms. The zero-order valence-electron chi connectivity index (χ0n) is 10.9. The molecule has 0 bridgehead atoms. The van der Waals surface area contributed by atoms with Crippen molar-refractivity contribution in [3.63, 3.8) is 0 Å². The summed E-state index contributed by atoms with van der Waals surface area (Å²) in [5, 5.41) is 9.22. The first kappa shape index (κ1) is 13.0. The summed E-state index contributed by atoms with van der Waals surface area (Å²) in [5.41, 5.74) is 0.667. The van der Waals surface area contributed by atoms with E-state index in [0.29, 0.717) is 0 Å².